The van der Waals surface area contributed by atoms with Gasteiger partial charge in [0.2, 0.25) is 0 Å². The smallest absolute Gasteiger partial charge is 0.503 e. The zero-order chi connectivity index (χ0) is 12.6. The molecule has 0 aromatic heterocycles. The van der Waals surface area contributed by atoms with Gasteiger partial charge >= 0.3 is 29.6 Å². The summed E-state index contributed by atoms with van der Waals surface area (Å²) in [5.74, 6) is -2.84. The zero-order valence-electron chi connectivity index (χ0n) is 10.6. The third-order valence-corrected chi connectivity index (χ3v) is 1.57. The molecule has 6 nitrogen and oxygen atoms in total. The summed E-state index contributed by atoms with van der Waals surface area (Å²) in [6.45, 7) is 3.32. The number of carbonyl (C=O) groups is 3. The van der Waals surface area contributed by atoms with Crippen molar-refractivity contribution in [2.45, 2.75) is 20.8 Å². The van der Waals surface area contributed by atoms with Crippen LogP contribution in [0.25, 0.3) is 0 Å². The molecule has 0 N–H and O–H groups in total. The van der Waals surface area contributed by atoms with Crippen LogP contribution < -0.4 is 29.6 Å². The Morgan fingerprint density at radius 2 is 1.00 bits per heavy atom. The molecule has 17 heavy (non-hydrogen) atoms. The van der Waals surface area contributed by atoms with Crippen molar-refractivity contribution in [2.24, 2.45) is 0 Å². The van der Waals surface area contributed by atoms with Gasteiger partial charge < -0.3 is 28.6 Å². The summed E-state index contributed by atoms with van der Waals surface area (Å²) < 4.78 is 13.8. The number of hydrogen-bond donors (Lipinski definition) is 0. The van der Waals surface area contributed by atoms with Crippen molar-refractivity contribution in [3.8, 4) is 0 Å². The number of carbonyl (C=O) groups excluding carboxylic acids is 3. The average molecular weight is 253 g/mol. The van der Waals surface area contributed by atoms with Crippen molar-refractivity contribution in [3.63, 3.8) is 0 Å². The molecule has 0 aliphatic rings. The average Bonchev–Trinajstić information content (AvgIpc) is 2.19. The van der Waals surface area contributed by atoms with Crippen LogP contribution in [0.4, 0.5) is 14.4 Å². The van der Waals surface area contributed by atoms with Crippen LogP contribution in [0.1, 0.15) is 20.8 Å². The van der Waals surface area contributed by atoms with E-state index >= 15 is 0 Å². The number of ether oxygens (including phenoxy) is 3. The van der Waals surface area contributed by atoms with E-state index in [0.717, 1.165) is 0 Å². The third kappa shape index (κ3) is 6.70. The second-order valence-electron chi connectivity index (χ2n) is 2.69. The summed E-state index contributed by atoms with van der Waals surface area (Å²) in [5.41, 5.74) is 0. The monoisotopic (exact) mass is 253 g/mol. The molecule has 0 aliphatic carbocycles. The molecule has 0 rings (SSSR count). The maximum absolute atomic E-state index is 11.4. The Morgan fingerprint density at radius 1 is 0.765 bits per heavy atom. The fraction of sp³-hybridized carbons (Fsp3) is 0.667. The number of hydrogen-bond acceptors (Lipinski definition) is 6. The predicted molar refractivity (Wildman–Crippen MR) is 56.8 cm³/mol. The van der Waals surface area contributed by atoms with Crippen LogP contribution in [0.5, 0.6) is 0 Å². The van der Waals surface area contributed by atoms with Crippen molar-refractivity contribution in [3.05, 3.63) is 0 Å². The zero-order valence-corrected chi connectivity index (χ0v) is 12.6. The molecule has 0 spiro atoms. The number of rotatable bonds is 6. The van der Waals surface area contributed by atoms with Crippen LogP contribution in [0, 0.1) is 0 Å². The van der Waals surface area contributed by atoms with Gasteiger partial charge in [0, 0.05) is 0 Å². The summed E-state index contributed by atoms with van der Waals surface area (Å²) in [6.07, 6.45) is 0. The molecular weight excluding hydrogens is 238 g/mol. The van der Waals surface area contributed by atoms with E-state index in [2.05, 4.69) is 14.2 Å². The SMILES string of the molecule is CCOC(=O)[B-](C(=O)OCC)C(=O)OCC.[Na+]. The van der Waals surface area contributed by atoms with Gasteiger partial charge in [0.1, 0.15) is 17.6 Å². The molecule has 0 saturated heterocycles. The van der Waals surface area contributed by atoms with Crippen molar-refractivity contribution in [1.29, 1.82) is 0 Å². The Balaban J connectivity index is 0. The quantitative estimate of drug-likeness (QED) is 0.432. The van der Waals surface area contributed by atoms with E-state index in [0.29, 0.717) is 0 Å². The molecule has 0 bridgehead atoms. The molecule has 1 radical (unpaired) electrons. The second-order valence-corrected chi connectivity index (χ2v) is 2.69. The van der Waals surface area contributed by atoms with Gasteiger partial charge in [-0.25, -0.2) is 0 Å². The minimum absolute atomic E-state index is 0. The molecule has 0 saturated carbocycles. The van der Waals surface area contributed by atoms with Gasteiger partial charge in [0.05, 0.1) is 19.8 Å². The first-order valence-electron chi connectivity index (χ1n) is 5.08. The normalized spacial score (nSPS) is 9.18. The largest absolute Gasteiger partial charge is 1.00 e. The summed E-state index contributed by atoms with van der Waals surface area (Å²) in [4.78, 5) is 34.1. The van der Waals surface area contributed by atoms with Gasteiger partial charge in [-0.15, -0.1) is 0 Å². The van der Waals surface area contributed by atoms with Crippen molar-refractivity contribution in [2.75, 3.05) is 19.8 Å². The van der Waals surface area contributed by atoms with E-state index in [9.17, 15) is 14.4 Å². The third-order valence-electron chi connectivity index (χ3n) is 1.57. The fourth-order valence-corrected chi connectivity index (χ4v) is 0.965. The van der Waals surface area contributed by atoms with Crippen LogP contribution in [-0.2, 0) is 14.2 Å². The van der Waals surface area contributed by atoms with Crippen molar-refractivity contribution in [1.82, 2.24) is 0 Å². The van der Waals surface area contributed by atoms with Gasteiger partial charge in [0.15, 0.2) is 0 Å². The van der Waals surface area contributed by atoms with Gasteiger partial charge in [-0.2, -0.15) is 0 Å². The van der Waals surface area contributed by atoms with E-state index in [-0.39, 0.29) is 49.4 Å². The van der Waals surface area contributed by atoms with E-state index in [4.69, 9.17) is 0 Å². The first kappa shape index (κ1) is 18.8. The first-order chi connectivity index (χ1) is 7.58. The molecule has 0 unspecified atom stereocenters. The first-order valence-corrected chi connectivity index (χ1v) is 5.08. The molecule has 8 heteroatoms. The van der Waals surface area contributed by atoms with Gasteiger partial charge in [-0.05, 0) is 20.8 Å². The molecular formula is C9H15BNaO6. The molecule has 91 valence electrons. The van der Waals surface area contributed by atoms with Crippen molar-refractivity contribution < 1.29 is 58.2 Å². The van der Waals surface area contributed by atoms with Gasteiger partial charge in [0.25, 0.3) is 6.71 Å². The van der Waals surface area contributed by atoms with Crippen LogP contribution in [-0.4, -0.2) is 44.1 Å². The summed E-state index contributed by atoms with van der Waals surface area (Å²) in [6, 6.07) is 0. The molecule has 0 fully saturated rings. The minimum atomic E-state index is -1.64. The molecule has 0 aromatic rings. The molecule has 0 atom stereocenters. The predicted octanol–water partition coefficient (Wildman–Crippen LogP) is -1.30. The standard InChI is InChI=1S/C9H15BO6.Na/c1-4-14-7(11)10(8(12)15-5-2)9(13)16-6-3;/h4-6H2,1-3H3;/q-1;+1. The minimum Gasteiger partial charge on any atom is -0.503 e. The topological polar surface area (TPSA) is 78.9 Å². The molecule has 0 amide bonds. The Morgan fingerprint density at radius 3 is 1.18 bits per heavy atom. The van der Waals surface area contributed by atoms with E-state index in [1.807, 2.05) is 0 Å². The van der Waals surface area contributed by atoms with Gasteiger partial charge in [-0.1, -0.05) is 0 Å². The van der Waals surface area contributed by atoms with Crippen LogP contribution in [0.15, 0.2) is 0 Å². The summed E-state index contributed by atoms with van der Waals surface area (Å²) >= 11 is 0. The van der Waals surface area contributed by atoms with E-state index in [1.54, 1.807) is 20.8 Å². The van der Waals surface area contributed by atoms with Crippen LogP contribution in [0.2, 0.25) is 0 Å². The maximum Gasteiger partial charge on any atom is 1.00 e. The second kappa shape index (κ2) is 10.6. The van der Waals surface area contributed by atoms with Gasteiger partial charge in [-0.3, -0.25) is 0 Å². The Kier molecular flexibility index (Phi) is 11.8. The molecule has 0 aliphatic heterocycles. The summed E-state index contributed by atoms with van der Waals surface area (Å²) in [5, 5.41) is 0. The molecule has 0 aromatic carbocycles. The van der Waals surface area contributed by atoms with E-state index in [1.165, 1.54) is 0 Å². The van der Waals surface area contributed by atoms with E-state index < -0.39 is 24.3 Å². The fourth-order valence-electron chi connectivity index (χ4n) is 0.965. The Hall–Kier alpha value is -0.525. The maximum atomic E-state index is 11.4. The van der Waals surface area contributed by atoms with Crippen LogP contribution >= 0.6 is 0 Å². The van der Waals surface area contributed by atoms with Crippen molar-refractivity contribution >= 4 is 24.3 Å². The molecule has 0 heterocycles. The van der Waals surface area contributed by atoms with Crippen LogP contribution in [0.3, 0.4) is 0 Å². The summed E-state index contributed by atoms with van der Waals surface area (Å²) in [7, 11) is 0. The Labute approximate surface area is 123 Å². The Bertz CT molecular complexity index is 227.